The molecule has 28 heavy (non-hydrogen) atoms. The molecule has 1 heterocycles. The number of likely N-dealkylation sites (N-methyl/N-ethyl adjacent to an activating group) is 1. The van der Waals surface area contributed by atoms with Gasteiger partial charge in [-0.05, 0) is 47.6 Å². The summed E-state index contributed by atoms with van der Waals surface area (Å²) >= 11 is 3.17. The molecule has 0 bridgehead atoms. The molecular formula is C20H28N4O2S2. The molecule has 1 unspecified atom stereocenters. The third kappa shape index (κ3) is 6.85. The average Bonchev–Trinajstić information content (AvgIpc) is 3.20. The second kappa shape index (κ2) is 11.7. The van der Waals surface area contributed by atoms with Crippen molar-refractivity contribution in [3.63, 3.8) is 0 Å². The molecule has 0 spiro atoms. The topological polar surface area (TPSA) is 87.5 Å². The molecule has 2 rings (SSSR count). The number of nitrogens with zero attached hydrogens (tertiary/aromatic N) is 1. The first-order valence-electron chi connectivity index (χ1n) is 9.36. The SMILES string of the molecule is CCN(CC)C(CNC(=O)Nc1ccccc1SCCC(N)=O)c1ccsc1. The Hall–Kier alpha value is -2.03. The van der Waals surface area contributed by atoms with Gasteiger partial charge in [0.15, 0.2) is 0 Å². The van der Waals surface area contributed by atoms with Gasteiger partial charge < -0.3 is 16.4 Å². The number of urea groups is 1. The van der Waals surface area contributed by atoms with Gasteiger partial charge in [0.2, 0.25) is 5.91 Å². The van der Waals surface area contributed by atoms with Crippen molar-refractivity contribution in [2.75, 3.05) is 30.7 Å². The molecular weight excluding hydrogens is 392 g/mol. The highest BCUT2D eigenvalue weighted by atomic mass is 32.2. The quantitative estimate of drug-likeness (QED) is 0.481. The summed E-state index contributed by atoms with van der Waals surface area (Å²) in [6.07, 6.45) is 0.303. The fourth-order valence-electron chi connectivity index (χ4n) is 2.90. The molecule has 0 aliphatic rings. The Morgan fingerprint density at radius 3 is 2.61 bits per heavy atom. The summed E-state index contributed by atoms with van der Waals surface area (Å²) in [6, 6.07) is 9.57. The Bertz CT molecular complexity index is 748. The Morgan fingerprint density at radius 1 is 1.21 bits per heavy atom. The van der Waals surface area contributed by atoms with Crippen molar-refractivity contribution < 1.29 is 9.59 Å². The molecule has 152 valence electrons. The van der Waals surface area contributed by atoms with Crippen molar-refractivity contribution in [1.29, 1.82) is 0 Å². The lowest BCUT2D eigenvalue weighted by atomic mass is 10.1. The number of thiophene rings is 1. The summed E-state index contributed by atoms with van der Waals surface area (Å²) in [5.41, 5.74) is 7.14. The molecule has 0 fully saturated rings. The van der Waals surface area contributed by atoms with Gasteiger partial charge in [0.25, 0.3) is 0 Å². The predicted molar refractivity (Wildman–Crippen MR) is 118 cm³/mol. The Balaban J connectivity index is 1.96. The number of hydrogen-bond donors (Lipinski definition) is 3. The van der Waals surface area contributed by atoms with Gasteiger partial charge in [0.05, 0.1) is 11.7 Å². The van der Waals surface area contributed by atoms with Gasteiger partial charge in [-0.1, -0.05) is 26.0 Å². The molecule has 0 aliphatic heterocycles. The summed E-state index contributed by atoms with van der Waals surface area (Å²) in [6.45, 7) is 6.62. The van der Waals surface area contributed by atoms with Crippen molar-refractivity contribution in [3.05, 3.63) is 46.7 Å². The number of primary amides is 1. The number of amides is 3. The van der Waals surface area contributed by atoms with E-state index in [1.54, 1.807) is 11.3 Å². The van der Waals surface area contributed by atoms with Crippen molar-refractivity contribution in [2.24, 2.45) is 5.73 Å². The molecule has 6 nitrogen and oxygen atoms in total. The largest absolute Gasteiger partial charge is 0.370 e. The molecule has 4 N–H and O–H groups in total. The number of para-hydroxylation sites is 1. The lowest BCUT2D eigenvalue weighted by molar-refractivity contribution is -0.117. The zero-order valence-electron chi connectivity index (χ0n) is 16.3. The van der Waals surface area contributed by atoms with Crippen LogP contribution in [0, 0.1) is 0 Å². The van der Waals surface area contributed by atoms with E-state index in [1.165, 1.54) is 17.3 Å². The number of nitrogens with two attached hydrogens (primary N) is 1. The van der Waals surface area contributed by atoms with Crippen molar-refractivity contribution >= 4 is 40.7 Å². The normalized spacial score (nSPS) is 12.0. The van der Waals surface area contributed by atoms with Gasteiger partial charge in [-0.15, -0.1) is 11.8 Å². The van der Waals surface area contributed by atoms with Crippen molar-refractivity contribution in [3.8, 4) is 0 Å². The monoisotopic (exact) mass is 420 g/mol. The minimum Gasteiger partial charge on any atom is -0.370 e. The summed E-state index contributed by atoms with van der Waals surface area (Å²) in [4.78, 5) is 26.7. The van der Waals surface area contributed by atoms with E-state index < -0.39 is 0 Å². The minimum atomic E-state index is -0.327. The van der Waals surface area contributed by atoms with Crippen LogP contribution in [0.1, 0.15) is 31.9 Å². The van der Waals surface area contributed by atoms with Gasteiger partial charge in [-0.3, -0.25) is 9.69 Å². The van der Waals surface area contributed by atoms with Gasteiger partial charge in [-0.2, -0.15) is 11.3 Å². The molecule has 0 radical (unpaired) electrons. The summed E-state index contributed by atoms with van der Waals surface area (Å²) in [7, 11) is 0. The van der Waals surface area contributed by atoms with Gasteiger partial charge in [0, 0.05) is 23.6 Å². The van der Waals surface area contributed by atoms with Crippen LogP contribution in [0.25, 0.3) is 0 Å². The van der Waals surface area contributed by atoms with Gasteiger partial charge in [0.1, 0.15) is 0 Å². The van der Waals surface area contributed by atoms with Crippen LogP contribution in [0.2, 0.25) is 0 Å². The maximum atomic E-state index is 12.5. The van der Waals surface area contributed by atoms with E-state index in [9.17, 15) is 9.59 Å². The molecule has 3 amide bonds. The number of benzene rings is 1. The van der Waals surface area contributed by atoms with Crippen LogP contribution >= 0.6 is 23.1 Å². The number of carbonyl (C=O) groups is 2. The molecule has 1 aromatic heterocycles. The average molecular weight is 421 g/mol. The zero-order valence-corrected chi connectivity index (χ0v) is 17.9. The predicted octanol–water partition coefficient (Wildman–Crippen LogP) is 3.92. The van der Waals surface area contributed by atoms with E-state index in [0.29, 0.717) is 18.7 Å². The molecule has 0 aliphatic carbocycles. The van der Waals surface area contributed by atoms with Crippen LogP contribution in [-0.4, -0.2) is 42.2 Å². The highest BCUT2D eigenvalue weighted by molar-refractivity contribution is 7.99. The summed E-state index contributed by atoms with van der Waals surface area (Å²) in [5.74, 6) is 0.254. The fraction of sp³-hybridized carbons (Fsp3) is 0.400. The van der Waals surface area contributed by atoms with E-state index in [4.69, 9.17) is 5.73 Å². The Kier molecular flexibility index (Phi) is 9.33. The van der Waals surface area contributed by atoms with Crippen LogP contribution in [0.3, 0.4) is 0 Å². The number of hydrogen-bond acceptors (Lipinski definition) is 5. The molecule has 0 saturated heterocycles. The molecule has 1 aromatic carbocycles. The number of rotatable bonds is 11. The molecule has 8 heteroatoms. The second-order valence-electron chi connectivity index (χ2n) is 6.19. The highest BCUT2D eigenvalue weighted by Crippen LogP contribution is 2.27. The van der Waals surface area contributed by atoms with E-state index in [2.05, 4.69) is 46.2 Å². The summed E-state index contributed by atoms with van der Waals surface area (Å²) in [5, 5.41) is 10.1. The molecule has 0 saturated carbocycles. The lowest BCUT2D eigenvalue weighted by Crippen LogP contribution is -2.39. The highest BCUT2D eigenvalue weighted by Gasteiger charge is 2.19. The maximum Gasteiger partial charge on any atom is 0.319 e. The van der Waals surface area contributed by atoms with Crippen molar-refractivity contribution in [1.82, 2.24) is 10.2 Å². The first kappa shape index (κ1) is 22.3. The second-order valence-corrected chi connectivity index (χ2v) is 8.11. The van der Waals surface area contributed by atoms with Crippen LogP contribution in [0.15, 0.2) is 46.0 Å². The minimum absolute atomic E-state index is 0.146. The third-order valence-electron chi connectivity index (χ3n) is 4.38. The number of nitrogens with one attached hydrogen (secondary N) is 2. The van der Waals surface area contributed by atoms with Crippen molar-refractivity contribution in [2.45, 2.75) is 31.2 Å². The lowest BCUT2D eigenvalue weighted by Gasteiger charge is -2.29. The van der Waals surface area contributed by atoms with Crippen LogP contribution in [0.4, 0.5) is 10.5 Å². The Morgan fingerprint density at radius 2 is 1.96 bits per heavy atom. The van der Waals surface area contributed by atoms with Gasteiger partial charge >= 0.3 is 6.03 Å². The van der Waals surface area contributed by atoms with E-state index >= 15 is 0 Å². The van der Waals surface area contributed by atoms with E-state index in [1.807, 2.05) is 24.3 Å². The van der Waals surface area contributed by atoms with Crippen LogP contribution in [0.5, 0.6) is 0 Å². The third-order valence-corrected chi connectivity index (χ3v) is 6.16. The maximum absolute atomic E-state index is 12.5. The Labute approximate surface area is 174 Å². The van der Waals surface area contributed by atoms with Crippen LogP contribution in [-0.2, 0) is 4.79 Å². The molecule has 1 atom stereocenters. The molecule has 2 aromatic rings. The number of carbonyl (C=O) groups excluding carboxylic acids is 2. The fourth-order valence-corrected chi connectivity index (χ4v) is 4.58. The summed E-state index contributed by atoms with van der Waals surface area (Å²) < 4.78 is 0. The van der Waals surface area contributed by atoms with E-state index in [0.717, 1.165) is 23.7 Å². The number of thioether (sulfide) groups is 1. The standard InChI is InChI=1S/C20H28N4O2S2/c1-3-24(4-2)17(15-9-11-27-14-15)13-22-20(26)23-16-7-5-6-8-18(16)28-12-10-19(21)25/h5-9,11,14,17H,3-4,10,12-13H2,1-2H3,(H2,21,25)(H2,22,23,26). The number of anilines is 1. The smallest absolute Gasteiger partial charge is 0.319 e. The van der Waals surface area contributed by atoms with Gasteiger partial charge in [-0.25, -0.2) is 4.79 Å². The zero-order chi connectivity index (χ0) is 20.4. The first-order chi connectivity index (χ1) is 13.5. The van der Waals surface area contributed by atoms with E-state index in [-0.39, 0.29) is 18.0 Å². The first-order valence-corrected chi connectivity index (χ1v) is 11.3. The van der Waals surface area contributed by atoms with Crippen LogP contribution < -0.4 is 16.4 Å².